The minimum atomic E-state index is -0.231. The Morgan fingerprint density at radius 2 is 1.48 bits per heavy atom. The van der Waals surface area contributed by atoms with Gasteiger partial charge in [0, 0.05) is 26.2 Å². The van der Waals surface area contributed by atoms with Gasteiger partial charge in [-0.1, -0.05) is 62.7 Å². The average Bonchev–Trinajstić information content (AvgIpc) is 3.08. The first-order valence-corrected chi connectivity index (χ1v) is 11.4. The number of likely N-dealkylation sites (N-methyl/N-ethyl adjacent to an activating group) is 1. The van der Waals surface area contributed by atoms with E-state index in [1.807, 2.05) is 54.6 Å². The number of hydrogen-bond acceptors (Lipinski definition) is 4. The lowest BCUT2D eigenvalue weighted by molar-refractivity contribution is -0.120. The summed E-state index contributed by atoms with van der Waals surface area (Å²) in [4.78, 5) is 33.0. The molecular formula is C26H31N3O2. The average molecular weight is 418 g/mol. The molecule has 1 saturated heterocycles. The van der Waals surface area contributed by atoms with Gasteiger partial charge >= 0.3 is 0 Å². The van der Waals surface area contributed by atoms with Gasteiger partial charge in [0.15, 0.2) is 0 Å². The number of carbonyl (C=O) groups is 2. The molecule has 0 N–H and O–H groups in total. The fourth-order valence-electron chi connectivity index (χ4n) is 4.39. The first kappa shape index (κ1) is 21.3. The number of hydrogen-bond donors (Lipinski definition) is 0. The molecule has 5 heteroatoms. The number of aryl methyl sites for hydroxylation is 1. The van der Waals surface area contributed by atoms with Crippen molar-refractivity contribution in [1.29, 1.82) is 0 Å². The minimum absolute atomic E-state index is 0.213. The van der Waals surface area contributed by atoms with Gasteiger partial charge in [-0.2, -0.15) is 0 Å². The summed E-state index contributed by atoms with van der Waals surface area (Å²) < 4.78 is 0. The highest BCUT2D eigenvalue weighted by Gasteiger charge is 2.42. The van der Waals surface area contributed by atoms with Crippen LogP contribution in [0.2, 0.25) is 0 Å². The molecule has 2 aliphatic rings. The van der Waals surface area contributed by atoms with Gasteiger partial charge in [0.25, 0.3) is 11.8 Å². The van der Waals surface area contributed by atoms with Gasteiger partial charge < -0.3 is 9.80 Å². The maximum absolute atomic E-state index is 13.6. The Hall–Kier alpha value is -2.92. The van der Waals surface area contributed by atoms with Crippen LogP contribution in [0, 0.1) is 0 Å². The second-order valence-corrected chi connectivity index (χ2v) is 8.23. The fourth-order valence-corrected chi connectivity index (χ4v) is 4.39. The molecule has 0 spiro atoms. The number of imide groups is 1. The third-order valence-corrected chi connectivity index (χ3v) is 6.27. The van der Waals surface area contributed by atoms with Crippen LogP contribution in [0.5, 0.6) is 0 Å². The lowest BCUT2D eigenvalue weighted by Crippen LogP contribution is -2.47. The van der Waals surface area contributed by atoms with Crippen LogP contribution >= 0.6 is 0 Å². The first-order chi connectivity index (χ1) is 15.1. The third-order valence-electron chi connectivity index (χ3n) is 6.27. The molecule has 0 unspecified atom stereocenters. The smallest absolute Gasteiger partial charge is 0.282 e. The molecule has 0 bridgehead atoms. The highest BCUT2D eigenvalue weighted by Crippen LogP contribution is 2.35. The molecule has 0 aliphatic carbocycles. The molecule has 1 fully saturated rings. The molecule has 2 aromatic rings. The molecule has 4 rings (SSSR count). The van der Waals surface area contributed by atoms with Crippen molar-refractivity contribution >= 4 is 23.1 Å². The number of amides is 2. The number of carbonyl (C=O) groups excluding carboxylic acids is 2. The van der Waals surface area contributed by atoms with Crippen LogP contribution in [0.4, 0.5) is 5.69 Å². The molecule has 5 nitrogen and oxygen atoms in total. The van der Waals surface area contributed by atoms with Crippen LogP contribution in [-0.4, -0.2) is 54.3 Å². The summed E-state index contributed by atoms with van der Waals surface area (Å²) in [6.07, 6.45) is 3.29. The van der Waals surface area contributed by atoms with Crippen molar-refractivity contribution < 1.29 is 9.59 Å². The molecule has 31 heavy (non-hydrogen) atoms. The zero-order valence-corrected chi connectivity index (χ0v) is 18.5. The Labute approximate surface area is 184 Å². The zero-order valence-electron chi connectivity index (χ0n) is 18.5. The summed E-state index contributed by atoms with van der Waals surface area (Å²) >= 11 is 0. The number of benzene rings is 2. The topological polar surface area (TPSA) is 43.9 Å². The number of rotatable bonds is 7. The Kier molecular flexibility index (Phi) is 6.52. The summed E-state index contributed by atoms with van der Waals surface area (Å²) in [6, 6.07) is 17.5. The molecule has 2 heterocycles. The van der Waals surface area contributed by atoms with E-state index < -0.39 is 0 Å². The second kappa shape index (κ2) is 9.48. The van der Waals surface area contributed by atoms with Crippen molar-refractivity contribution in [1.82, 2.24) is 9.80 Å². The van der Waals surface area contributed by atoms with Crippen LogP contribution in [0.25, 0.3) is 5.57 Å². The van der Waals surface area contributed by atoms with Crippen LogP contribution in [0.1, 0.15) is 37.8 Å². The van der Waals surface area contributed by atoms with Crippen LogP contribution in [0.3, 0.4) is 0 Å². The predicted octanol–water partition coefficient (Wildman–Crippen LogP) is 3.95. The predicted molar refractivity (Wildman–Crippen MR) is 125 cm³/mol. The van der Waals surface area contributed by atoms with Gasteiger partial charge in [0.05, 0.1) is 11.3 Å². The highest BCUT2D eigenvalue weighted by atomic mass is 16.2. The van der Waals surface area contributed by atoms with Crippen LogP contribution < -0.4 is 4.90 Å². The normalized spacial score (nSPS) is 17.7. The van der Waals surface area contributed by atoms with Crippen LogP contribution in [0.15, 0.2) is 60.3 Å². The van der Waals surface area contributed by atoms with Gasteiger partial charge in [-0.3, -0.25) is 9.59 Å². The van der Waals surface area contributed by atoms with E-state index in [4.69, 9.17) is 0 Å². The monoisotopic (exact) mass is 417 g/mol. The van der Waals surface area contributed by atoms with Crippen molar-refractivity contribution in [3.8, 4) is 0 Å². The van der Waals surface area contributed by atoms with Crippen molar-refractivity contribution in [2.24, 2.45) is 0 Å². The first-order valence-electron chi connectivity index (χ1n) is 11.4. The second-order valence-electron chi connectivity index (χ2n) is 8.23. The maximum Gasteiger partial charge on any atom is 0.282 e. The highest BCUT2D eigenvalue weighted by molar-refractivity contribution is 6.45. The van der Waals surface area contributed by atoms with Crippen molar-refractivity contribution in [2.45, 2.75) is 33.1 Å². The summed E-state index contributed by atoms with van der Waals surface area (Å²) in [5.74, 6) is -0.444. The molecule has 0 saturated carbocycles. The Balaban J connectivity index is 1.67. The van der Waals surface area contributed by atoms with Crippen molar-refractivity contribution in [3.63, 3.8) is 0 Å². The molecule has 0 radical (unpaired) electrons. The Morgan fingerprint density at radius 3 is 2.10 bits per heavy atom. The van der Waals surface area contributed by atoms with E-state index in [1.54, 1.807) is 0 Å². The molecule has 2 aromatic carbocycles. The molecule has 0 aromatic heterocycles. The summed E-state index contributed by atoms with van der Waals surface area (Å²) in [5.41, 5.74) is 3.74. The van der Waals surface area contributed by atoms with Crippen molar-refractivity contribution in [3.05, 3.63) is 71.4 Å². The van der Waals surface area contributed by atoms with Gasteiger partial charge in [-0.15, -0.1) is 0 Å². The Bertz CT molecular complexity index is 958. The third kappa shape index (κ3) is 4.28. The van der Waals surface area contributed by atoms with Crippen LogP contribution in [-0.2, 0) is 16.0 Å². The summed E-state index contributed by atoms with van der Waals surface area (Å²) in [6.45, 7) is 8.63. The van der Waals surface area contributed by atoms with E-state index in [0.717, 1.165) is 57.5 Å². The molecule has 0 atom stereocenters. The lowest BCUT2D eigenvalue weighted by Gasteiger charge is -2.36. The molecule has 162 valence electrons. The van der Waals surface area contributed by atoms with E-state index >= 15 is 0 Å². The standard InChI is InChI=1S/C26H31N3O2/c1-3-5-9-20-12-14-22(15-13-20)29-25(30)23(21-10-7-6-8-11-21)24(26(29)31)28-18-16-27(4-2)17-19-28/h6-8,10-15H,3-5,9,16-19H2,1-2H3. The van der Waals surface area contributed by atoms with Gasteiger partial charge in [0.2, 0.25) is 0 Å². The lowest BCUT2D eigenvalue weighted by atomic mass is 10.0. The largest absolute Gasteiger partial charge is 0.364 e. The Morgan fingerprint density at radius 1 is 0.806 bits per heavy atom. The number of piperazine rings is 1. The van der Waals surface area contributed by atoms with Gasteiger partial charge in [-0.25, -0.2) is 4.90 Å². The molecular weight excluding hydrogens is 386 g/mol. The van der Waals surface area contributed by atoms with Gasteiger partial charge in [-0.05, 0) is 42.6 Å². The number of nitrogens with zero attached hydrogens (tertiary/aromatic N) is 3. The van der Waals surface area contributed by atoms with E-state index in [9.17, 15) is 9.59 Å². The van der Waals surface area contributed by atoms with E-state index in [-0.39, 0.29) is 11.8 Å². The molecule has 2 aliphatic heterocycles. The fraction of sp³-hybridized carbons (Fsp3) is 0.385. The molecule has 2 amide bonds. The summed E-state index contributed by atoms with van der Waals surface area (Å²) in [5, 5.41) is 0. The van der Waals surface area contributed by atoms with E-state index in [2.05, 4.69) is 23.6 Å². The van der Waals surface area contributed by atoms with E-state index in [0.29, 0.717) is 17.0 Å². The quantitative estimate of drug-likeness (QED) is 0.640. The summed E-state index contributed by atoms with van der Waals surface area (Å²) in [7, 11) is 0. The van der Waals surface area contributed by atoms with Crippen molar-refractivity contribution in [2.75, 3.05) is 37.6 Å². The minimum Gasteiger partial charge on any atom is -0.364 e. The maximum atomic E-state index is 13.6. The zero-order chi connectivity index (χ0) is 21.8. The van der Waals surface area contributed by atoms with Gasteiger partial charge in [0.1, 0.15) is 5.70 Å². The number of unbranched alkanes of at least 4 members (excludes halogenated alkanes) is 1. The SMILES string of the molecule is CCCCc1ccc(N2C(=O)C(c3ccccc3)=C(N3CCN(CC)CC3)C2=O)cc1. The van der Waals surface area contributed by atoms with E-state index in [1.165, 1.54) is 10.5 Å². The number of anilines is 1.